The van der Waals surface area contributed by atoms with Crippen molar-refractivity contribution in [3.8, 4) is 22.4 Å². The van der Waals surface area contributed by atoms with E-state index in [2.05, 4.69) is 34.6 Å². The van der Waals surface area contributed by atoms with E-state index in [4.69, 9.17) is 4.98 Å². The average molecular weight is 600 g/mol. The van der Waals surface area contributed by atoms with E-state index in [9.17, 15) is 14.0 Å². The highest BCUT2D eigenvalue weighted by Gasteiger charge is 2.39. The number of hydrogen-bond donors (Lipinski definition) is 2. The van der Waals surface area contributed by atoms with Crippen LogP contribution < -0.4 is 11.0 Å². The van der Waals surface area contributed by atoms with Gasteiger partial charge >= 0.3 is 5.69 Å². The molecule has 1 saturated carbocycles. The number of nitrogens with zero attached hydrogens (tertiary/aromatic N) is 3. The second-order valence-corrected chi connectivity index (χ2v) is 11.1. The van der Waals surface area contributed by atoms with Crippen LogP contribution in [0.4, 0.5) is 4.39 Å². The molecule has 0 radical (unpaired) electrons. The van der Waals surface area contributed by atoms with E-state index in [1.807, 2.05) is 54.6 Å². The maximum absolute atomic E-state index is 14.2. The maximum atomic E-state index is 14.2. The molecule has 6 rings (SSSR count). The fourth-order valence-electron chi connectivity index (χ4n) is 5.79. The quantitative estimate of drug-likeness (QED) is 0.130. The first-order valence-corrected chi connectivity index (χ1v) is 14.7. The minimum atomic E-state index is -1.10. The smallest absolute Gasteiger partial charge is 0.343 e. The maximum Gasteiger partial charge on any atom is 0.347 e. The average Bonchev–Trinajstić information content (AvgIpc) is 3.39. The molecule has 1 atom stereocenters. The van der Waals surface area contributed by atoms with E-state index < -0.39 is 11.7 Å². The second-order valence-electron chi connectivity index (χ2n) is 11.1. The van der Waals surface area contributed by atoms with Crippen LogP contribution >= 0.6 is 12.4 Å². The van der Waals surface area contributed by atoms with Crippen molar-refractivity contribution in [2.24, 2.45) is 0 Å². The van der Waals surface area contributed by atoms with Gasteiger partial charge < -0.3 is 5.32 Å². The number of aromatic amines is 1. The fraction of sp³-hybridized carbons (Fsp3) is 0.294. The van der Waals surface area contributed by atoms with Gasteiger partial charge in [0.15, 0.2) is 5.65 Å². The first-order chi connectivity index (χ1) is 20.5. The highest BCUT2D eigenvalue weighted by molar-refractivity contribution is 5.98. The zero-order chi connectivity index (χ0) is 29.1. The summed E-state index contributed by atoms with van der Waals surface area (Å²) in [5.41, 5.74) is 5.22. The van der Waals surface area contributed by atoms with Crippen LogP contribution in [0.5, 0.6) is 0 Å². The Morgan fingerprint density at radius 1 is 1.09 bits per heavy atom. The molecule has 222 valence electrons. The summed E-state index contributed by atoms with van der Waals surface area (Å²) in [6.45, 7) is 2.09. The largest absolute Gasteiger partial charge is 0.347 e. The Bertz CT molecular complexity index is 1810. The Balaban J connectivity index is 0.00000368. The zero-order valence-electron chi connectivity index (χ0n) is 24.1. The number of rotatable bonds is 10. The van der Waals surface area contributed by atoms with Gasteiger partial charge in [-0.1, -0.05) is 80.8 Å². The summed E-state index contributed by atoms with van der Waals surface area (Å²) in [5, 5.41) is 10.7. The Kier molecular flexibility index (Phi) is 9.06. The minimum Gasteiger partial charge on any atom is -0.343 e. The minimum absolute atomic E-state index is 0. The molecule has 0 saturated heterocycles. The first-order valence-electron chi connectivity index (χ1n) is 14.7. The standard InChI is InChI=1S/C34H34FN5O2.ClH/c1-2-3-5-11-26(35)16-17-30(41)37-34(19-8-20-34)25-14-12-24(13-15-25)31-27(23-9-6-4-7-10-23)22-28-29(36-31)18-21-40-32(28)38-39-33(40)42;/h4,6-7,9-10,12-18,21-22,26H,2-3,5,8,11,19-20H2,1H3,(H,37,41)(H,39,42);1H/b17-16+;. The number of allylic oxidation sites excluding steroid dienone is 1. The lowest BCUT2D eigenvalue weighted by Gasteiger charge is -2.43. The molecule has 0 bridgehead atoms. The van der Waals surface area contributed by atoms with Gasteiger partial charge in [-0.2, -0.15) is 5.10 Å². The van der Waals surface area contributed by atoms with Gasteiger partial charge in [0.05, 0.1) is 16.7 Å². The lowest BCUT2D eigenvalue weighted by atomic mass is 9.71. The molecule has 1 unspecified atom stereocenters. The molecule has 9 heteroatoms. The Morgan fingerprint density at radius 2 is 1.86 bits per heavy atom. The molecule has 1 aliphatic carbocycles. The molecule has 2 aromatic carbocycles. The van der Waals surface area contributed by atoms with Crippen molar-refractivity contribution >= 4 is 34.9 Å². The number of unbranched alkanes of at least 4 members (excludes halogenated alkanes) is 2. The molecule has 5 aromatic rings. The van der Waals surface area contributed by atoms with Crippen molar-refractivity contribution < 1.29 is 9.18 Å². The number of aromatic nitrogens is 4. The van der Waals surface area contributed by atoms with Gasteiger partial charge in [-0.3, -0.25) is 4.79 Å². The van der Waals surface area contributed by atoms with Crippen LogP contribution in [0, 0.1) is 0 Å². The van der Waals surface area contributed by atoms with Crippen molar-refractivity contribution in [2.45, 2.75) is 63.6 Å². The highest BCUT2D eigenvalue weighted by Crippen LogP contribution is 2.42. The van der Waals surface area contributed by atoms with Crippen LogP contribution in [-0.2, 0) is 10.3 Å². The van der Waals surface area contributed by atoms with E-state index >= 15 is 0 Å². The van der Waals surface area contributed by atoms with E-state index in [1.165, 1.54) is 16.6 Å². The number of H-pyrrole nitrogens is 1. The SMILES string of the molecule is CCCCCC(F)/C=C/C(=O)NC1(c2ccc(-c3nc4ccn5c(=O)[nH]nc5c4cc3-c3ccccc3)cc2)CCC1.Cl. The summed E-state index contributed by atoms with van der Waals surface area (Å²) in [7, 11) is 0. The summed E-state index contributed by atoms with van der Waals surface area (Å²) in [6.07, 6.45) is 9.31. The van der Waals surface area contributed by atoms with Crippen LogP contribution in [0.25, 0.3) is 38.9 Å². The molecule has 7 nitrogen and oxygen atoms in total. The molecule has 0 aliphatic heterocycles. The van der Waals surface area contributed by atoms with Crippen molar-refractivity contribution in [2.75, 3.05) is 0 Å². The molecule has 43 heavy (non-hydrogen) atoms. The number of carbonyl (C=O) groups excluding carboxylic acids is 1. The van der Waals surface area contributed by atoms with E-state index in [0.29, 0.717) is 12.1 Å². The van der Waals surface area contributed by atoms with Gasteiger partial charge in [0.25, 0.3) is 0 Å². The molecule has 1 fully saturated rings. The van der Waals surface area contributed by atoms with E-state index in [0.717, 1.165) is 77.4 Å². The number of pyridine rings is 2. The number of halogens is 2. The first kappa shape index (κ1) is 30.2. The lowest BCUT2D eigenvalue weighted by molar-refractivity contribution is -0.119. The van der Waals surface area contributed by atoms with Gasteiger partial charge in [-0.05, 0) is 55.0 Å². The monoisotopic (exact) mass is 599 g/mol. The predicted octanol–water partition coefficient (Wildman–Crippen LogP) is 7.30. The number of carbonyl (C=O) groups is 1. The molecule has 2 N–H and O–H groups in total. The summed E-state index contributed by atoms with van der Waals surface area (Å²) >= 11 is 0. The Morgan fingerprint density at radius 3 is 2.56 bits per heavy atom. The third-order valence-electron chi connectivity index (χ3n) is 8.28. The van der Waals surface area contributed by atoms with Crippen LogP contribution in [0.3, 0.4) is 0 Å². The Labute approximate surface area is 255 Å². The number of benzene rings is 2. The van der Waals surface area contributed by atoms with E-state index in [1.54, 1.807) is 6.20 Å². The zero-order valence-corrected chi connectivity index (χ0v) is 24.9. The number of fused-ring (bicyclic) bond motifs is 3. The van der Waals surface area contributed by atoms with Crippen molar-refractivity contribution in [1.29, 1.82) is 0 Å². The molecule has 0 spiro atoms. The van der Waals surface area contributed by atoms with Crippen LogP contribution in [-0.4, -0.2) is 31.7 Å². The normalized spacial score (nSPS) is 14.8. The number of hydrogen-bond acceptors (Lipinski definition) is 4. The van der Waals surface area contributed by atoms with E-state index in [-0.39, 0.29) is 24.0 Å². The van der Waals surface area contributed by atoms with Gasteiger partial charge in [-0.15, -0.1) is 12.4 Å². The summed E-state index contributed by atoms with van der Waals surface area (Å²) in [6, 6.07) is 22.1. The third-order valence-corrected chi connectivity index (χ3v) is 8.28. The van der Waals surface area contributed by atoms with Crippen LogP contribution in [0.2, 0.25) is 0 Å². The molecule has 3 aromatic heterocycles. The van der Waals surface area contributed by atoms with Gasteiger partial charge in [0, 0.05) is 28.8 Å². The number of nitrogens with one attached hydrogen (secondary N) is 2. The number of amides is 1. The molecule has 1 aliphatic rings. The van der Waals surface area contributed by atoms with Gasteiger partial charge in [0.2, 0.25) is 5.91 Å². The topological polar surface area (TPSA) is 92.2 Å². The predicted molar refractivity (Wildman–Crippen MR) is 171 cm³/mol. The van der Waals surface area contributed by atoms with Crippen molar-refractivity contribution in [3.63, 3.8) is 0 Å². The van der Waals surface area contributed by atoms with Gasteiger partial charge in [0.1, 0.15) is 6.17 Å². The van der Waals surface area contributed by atoms with Crippen LogP contribution in [0.1, 0.15) is 57.4 Å². The lowest BCUT2D eigenvalue weighted by Crippen LogP contribution is -2.50. The molecule has 1 amide bonds. The summed E-state index contributed by atoms with van der Waals surface area (Å²) in [5.74, 6) is -0.261. The molecular formula is C34H35ClFN5O2. The third kappa shape index (κ3) is 6.11. The van der Waals surface area contributed by atoms with Crippen LogP contribution in [0.15, 0.2) is 89.9 Å². The van der Waals surface area contributed by atoms with Crippen molar-refractivity contribution in [1.82, 2.24) is 24.9 Å². The second kappa shape index (κ2) is 12.9. The summed E-state index contributed by atoms with van der Waals surface area (Å²) < 4.78 is 15.7. The van der Waals surface area contributed by atoms with Gasteiger partial charge in [-0.25, -0.2) is 23.7 Å². The number of alkyl halides is 1. The fourth-order valence-corrected chi connectivity index (χ4v) is 5.79. The highest BCUT2D eigenvalue weighted by atomic mass is 35.5. The Hall–Kier alpha value is -4.30. The molecular weight excluding hydrogens is 565 g/mol. The van der Waals surface area contributed by atoms with Crippen molar-refractivity contribution in [3.05, 3.63) is 101 Å². The molecule has 3 heterocycles. The summed E-state index contributed by atoms with van der Waals surface area (Å²) in [4.78, 5) is 30.0.